The summed E-state index contributed by atoms with van der Waals surface area (Å²) >= 11 is 0. The molecule has 1 spiro atoms. The van der Waals surface area contributed by atoms with Gasteiger partial charge in [-0.1, -0.05) is 5.21 Å². The van der Waals surface area contributed by atoms with Crippen molar-refractivity contribution in [3.63, 3.8) is 0 Å². The van der Waals surface area contributed by atoms with Gasteiger partial charge in [0.05, 0.1) is 43.9 Å². The fourth-order valence-corrected chi connectivity index (χ4v) is 3.69. The average Bonchev–Trinajstić information content (AvgIpc) is 3.09. The fourth-order valence-electron chi connectivity index (χ4n) is 3.69. The molecule has 3 aliphatic heterocycles. The minimum atomic E-state index is 0.0505. The van der Waals surface area contributed by atoms with Crippen molar-refractivity contribution in [2.24, 2.45) is 0 Å². The molecule has 7 nitrogen and oxygen atoms in total. The Morgan fingerprint density at radius 3 is 3.05 bits per heavy atom. The number of rotatable bonds is 5. The van der Waals surface area contributed by atoms with Gasteiger partial charge in [0, 0.05) is 33.2 Å². The van der Waals surface area contributed by atoms with Crippen LogP contribution in [-0.4, -0.2) is 71.6 Å². The van der Waals surface area contributed by atoms with E-state index in [1.807, 2.05) is 4.68 Å². The maximum absolute atomic E-state index is 6.21. The molecule has 0 saturated carbocycles. The summed E-state index contributed by atoms with van der Waals surface area (Å²) in [7, 11) is 1.71. The Labute approximate surface area is 130 Å². The zero-order valence-electron chi connectivity index (χ0n) is 13.2. The van der Waals surface area contributed by atoms with Crippen LogP contribution in [0.3, 0.4) is 0 Å². The molecule has 4 rings (SSSR count). The number of nitrogens with zero attached hydrogens (tertiary/aromatic N) is 4. The van der Waals surface area contributed by atoms with Gasteiger partial charge in [-0.15, -0.1) is 5.10 Å². The number of fused-ring (bicyclic) bond motifs is 1. The molecular weight excluding hydrogens is 284 g/mol. The Morgan fingerprint density at radius 2 is 2.32 bits per heavy atom. The molecular formula is C15H24N4O3. The van der Waals surface area contributed by atoms with Gasteiger partial charge in [-0.25, -0.2) is 4.68 Å². The predicted molar refractivity (Wildman–Crippen MR) is 78.5 cm³/mol. The summed E-state index contributed by atoms with van der Waals surface area (Å²) in [6.07, 6.45) is 3.64. The number of aromatic nitrogens is 3. The first kappa shape index (κ1) is 14.6. The van der Waals surface area contributed by atoms with Crippen LogP contribution in [0.1, 0.15) is 24.2 Å². The second-order valence-electron chi connectivity index (χ2n) is 6.64. The Bertz CT molecular complexity index is 529. The van der Waals surface area contributed by atoms with E-state index in [2.05, 4.69) is 15.2 Å². The van der Waals surface area contributed by atoms with Gasteiger partial charge in [-0.05, 0) is 12.8 Å². The van der Waals surface area contributed by atoms with E-state index in [9.17, 15) is 0 Å². The number of hydrogen-bond acceptors (Lipinski definition) is 6. The van der Waals surface area contributed by atoms with E-state index < -0.39 is 0 Å². The van der Waals surface area contributed by atoms with Gasteiger partial charge in [0.15, 0.2) is 0 Å². The summed E-state index contributed by atoms with van der Waals surface area (Å²) in [5.41, 5.74) is 2.43. The summed E-state index contributed by atoms with van der Waals surface area (Å²) in [6, 6.07) is 0. The summed E-state index contributed by atoms with van der Waals surface area (Å²) < 4.78 is 18.6. The molecule has 1 aromatic heterocycles. The lowest BCUT2D eigenvalue weighted by Gasteiger charge is -2.38. The van der Waals surface area contributed by atoms with Gasteiger partial charge in [0.2, 0.25) is 0 Å². The monoisotopic (exact) mass is 308 g/mol. The Balaban J connectivity index is 1.33. The number of methoxy groups -OCH3 is 1. The van der Waals surface area contributed by atoms with E-state index in [-0.39, 0.29) is 5.60 Å². The smallest absolute Gasteiger partial charge is 0.115 e. The molecule has 0 radical (unpaired) electrons. The molecule has 0 amide bonds. The predicted octanol–water partition coefficient (Wildman–Crippen LogP) is 0.231. The van der Waals surface area contributed by atoms with Crippen LogP contribution < -0.4 is 0 Å². The van der Waals surface area contributed by atoms with E-state index in [0.29, 0.717) is 12.7 Å². The van der Waals surface area contributed by atoms with Crippen LogP contribution in [0, 0.1) is 0 Å². The molecule has 4 heterocycles. The van der Waals surface area contributed by atoms with Gasteiger partial charge in [-0.2, -0.15) is 0 Å². The summed E-state index contributed by atoms with van der Waals surface area (Å²) in [5, 5.41) is 8.60. The van der Waals surface area contributed by atoms with Gasteiger partial charge < -0.3 is 14.2 Å². The molecule has 3 aliphatic rings. The normalized spacial score (nSPS) is 27.0. The van der Waals surface area contributed by atoms with Crippen LogP contribution in [0.4, 0.5) is 0 Å². The molecule has 22 heavy (non-hydrogen) atoms. The van der Waals surface area contributed by atoms with Crippen molar-refractivity contribution in [1.82, 2.24) is 19.9 Å². The van der Waals surface area contributed by atoms with E-state index in [4.69, 9.17) is 14.2 Å². The van der Waals surface area contributed by atoms with Crippen molar-refractivity contribution in [2.75, 3.05) is 40.0 Å². The van der Waals surface area contributed by atoms with Gasteiger partial charge in [0.25, 0.3) is 0 Å². The minimum Gasteiger partial charge on any atom is -0.383 e. The first-order valence-electron chi connectivity index (χ1n) is 8.16. The summed E-state index contributed by atoms with van der Waals surface area (Å²) in [5.74, 6) is 0. The lowest BCUT2D eigenvalue weighted by Crippen LogP contribution is -2.50. The number of ether oxygens (including phenoxy) is 3. The van der Waals surface area contributed by atoms with Crippen LogP contribution in [0.25, 0.3) is 0 Å². The molecule has 2 saturated heterocycles. The summed E-state index contributed by atoms with van der Waals surface area (Å²) in [4.78, 5) is 2.45. The third kappa shape index (κ3) is 2.67. The minimum absolute atomic E-state index is 0.0505. The van der Waals surface area contributed by atoms with E-state index in [1.165, 1.54) is 5.69 Å². The standard InChI is InChI=1S/C15H24N4O3/c1-20-7-6-19-14-3-5-18(9-13(14)16-17-19)8-12-2-4-15(22-12)10-21-11-15/h12H,2-11H2,1H3. The maximum atomic E-state index is 6.21. The topological polar surface area (TPSA) is 61.6 Å². The van der Waals surface area contributed by atoms with Crippen LogP contribution in [0.15, 0.2) is 0 Å². The van der Waals surface area contributed by atoms with Crippen molar-refractivity contribution in [3.8, 4) is 0 Å². The van der Waals surface area contributed by atoms with Crippen LogP contribution >= 0.6 is 0 Å². The third-order valence-corrected chi connectivity index (χ3v) is 4.99. The molecule has 0 aliphatic carbocycles. The maximum Gasteiger partial charge on any atom is 0.115 e. The van der Waals surface area contributed by atoms with Crippen molar-refractivity contribution in [1.29, 1.82) is 0 Å². The van der Waals surface area contributed by atoms with Crippen LogP contribution in [0.5, 0.6) is 0 Å². The average molecular weight is 308 g/mol. The SMILES string of the molecule is COCCn1nnc2c1CCN(CC1CCC3(COC3)O1)C2. The van der Waals surface area contributed by atoms with E-state index in [1.54, 1.807) is 7.11 Å². The van der Waals surface area contributed by atoms with E-state index in [0.717, 1.165) is 64.3 Å². The third-order valence-electron chi connectivity index (χ3n) is 4.99. The van der Waals surface area contributed by atoms with Gasteiger partial charge in [0.1, 0.15) is 5.60 Å². The zero-order valence-corrected chi connectivity index (χ0v) is 13.2. The molecule has 1 aromatic rings. The lowest BCUT2D eigenvalue weighted by molar-refractivity contribution is -0.202. The van der Waals surface area contributed by atoms with Crippen LogP contribution in [0.2, 0.25) is 0 Å². The second kappa shape index (κ2) is 5.88. The highest BCUT2D eigenvalue weighted by Crippen LogP contribution is 2.36. The molecule has 2 fully saturated rings. The lowest BCUT2D eigenvalue weighted by atomic mass is 9.98. The molecule has 0 N–H and O–H groups in total. The second-order valence-corrected chi connectivity index (χ2v) is 6.64. The van der Waals surface area contributed by atoms with Gasteiger partial charge >= 0.3 is 0 Å². The van der Waals surface area contributed by atoms with Crippen molar-refractivity contribution < 1.29 is 14.2 Å². The first-order valence-corrected chi connectivity index (χ1v) is 8.16. The van der Waals surface area contributed by atoms with Crippen molar-refractivity contribution >= 4 is 0 Å². The molecule has 0 bridgehead atoms. The Morgan fingerprint density at radius 1 is 1.41 bits per heavy atom. The highest BCUT2D eigenvalue weighted by Gasteiger charge is 2.46. The van der Waals surface area contributed by atoms with Crippen LogP contribution in [-0.2, 0) is 33.7 Å². The molecule has 122 valence electrons. The number of hydrogen-bond donors (Lipinski definition) is 0. The summed E-state index contributed by atoms with van der Waals surface area (Å²) in [6.45, 7) is 5.95. The molecule has 1 unspecified atom stereocenters. The quantitative estimate of drug-likeness (QED) is 0.776. The Kier molecular flexibility index (Phi) is 3.89. The molecule has 1 atom stereocenters. The largest absolute Gasteiger partial charge is 0.383 e. The molecule has 7 heteroatoms. The fraction of sp³-hybridized carbons (Fsp3) is 0.867. The highest BCUT2D eigenvalue weighted by molar-refractivity contribution is 5.14. The van der Waals surface area contributed by atoms with E-state index >= 15 is 0 Å². The molecule has 0 aromatic carbocycles. The van der Waals surface area contributed by atoms with Crippen molar-refractivity contribution in [3.05, 3.63) is 11.4 Å². The first-order chi connectivity index (χ1) is 10.8. The highest BCUT2D eigenvalue weighted by atomic mass is 16.6. The zero-order chi connectivity index (χ0) is 15.0. The van der Waals surface area contributed by atoms with Crippen molar-refractivity contribution in [2.45, 2.75) is 44.1 Å². The Hall–Kier alpha value is -1.02. The van der Waals surface area contributed by atoms with Gasteiger partial charge in [-0.3, -0.25) is 4.90 Å².